The van der Waals surface area contributed by atoms with Crippen LogP contribution in [0.2, 0.25) is 0 Å². The van der Waals surface area contributed by atoms with Crippen LogP contribution in [0.3, 0.4) is 0 Å². The van der Waals surface area contributed by atoms with E-state index in [9.17, 15) is 14.0 Å². The summed E-state index contributed by atoms with van der Waals surface area (Å²) < 4.78 is 14.1. The number of benzene rings is 2. The fourth-order valence-corrected chi connectivity index (χ4v) is 4.34. The number of rotatable bonds is 4. The number of amides is 3. The minimum absolute atomic E-state index is 0.0385. The number of halogens is 1. The molecular formula is C21H21FN4O2S. The summed E-state index contributed by atoms with van der Waals surface area (Å²) in [5.74, 6) is -0.314. The van der Waals surface area contributed by atoms with E-state index in [0.717, 1.165) is 30.4 Å². The minimum Gasteiger partial charge on any atom is -0.308 e. The number of fused-ring (bicyclic) bond motifs is 1. The van der Waals surface area contributed by atoms with Crippen molar-refractivity contribution in [1.82, 2.24) is 4.98 Å². The van der Waals surface area contributed by atoms with E-state index in [1.807, 2.05) is 6.07 Å². The van der Waals surface area contributed by atoms with Gasteiger partial charge in [0, 0.05) is 17.3 Å². The molecule has 2 aromatic carbocycles. The van der Waals surface area contributed by atoms with E-state index in [-0.39, 0.29) is 11.8 Å². The van der Waals surface area contributed by atoms with Gasteiger partial charge in [-0.1, -0.05) is 36.7 Å². The summed E-state index contributed by atoms with van der Waals surface area (Å²) in [5, 5.41) is 8.79. The molecule has 0 saturated heterocycles. The van der Waals surface area contributed by atoms with Crippen molar-refractivity contribution in [3.05, 3.63) is 48.3 Å². The van der Waals surface area contributed by atoms with Gasteiger partial charge in [-0.15, -0.1) is 0 Å². The third-order valence-corrected chi connectivity index (χ3v) is 5.89. The number of thiazole rings is 1. The number of hydrogen-bond donors (Lipinski definition) is 3. The van der Waals surface area contributed by atoms with Gasteiger partial charge in [-0.2, -0.15) is 0 Å². The smallest absolute Gasteiger partial charge is 0.308 e. The van der Waals surface area contributed by atoms with Gasteiger partial charge in [-0.3, -0.25) is 4.79 Å². The second-order valence-electron chi connectivity index (χ2n) is 7.12. The SMILES string of the molecule is O=C(Nc1cccc(F)c1)Nc1ccc2sc(NC(=O)C3CCCCC3)nc2c1. The van der Waals surface area contributed by atoms with Crippen LogP contribution in [-0.2, 0) is 4.79 Å². The number of aromatic nitrogens is 1. The topological polar surface area (TPSA) is 83.1 Å². The number of carbonyl (C=O) groups is 2. The maximum absolute atomic E-state index is 13.2. The summed E-state index contributed by atoms with van der Waals surface area (Å²) in [6.07, 6.45) is 5.28. The molecule has 3 aromatic rings. The molecule has 3 amide bonds. The number of urea groups is 1. The van der Waals surface area contributed by atoms with Gasteiger partial charge in [-0.05, 0) is 49.2 Å². The Hall–Kier alpha value is -3.00. The molecule has 0 spiro atoms. The molecule has 1 saturated carbocycles. The standard InChI is InChI=1S/C21H21FN4O2S/c22-14-7-4-8-15(11-14)23-20(28)24-16-9-10-18-17(12-16)25-21(29-18)26-19(27)13-5-2-1-3-6-13/h4,7-13H,1-3,5-6H2,(H2,23,24,28)(H,25,26,27). The minimum atomic E-state index is -0.476. The maximum atomic E-state index is 13.2. The van der Waals surface area contributed by atoms with Crippen molar-refractivity contribution >= 4 is 50.0 Å². The monoisotopic (exact) mass is 412 g/mol. The van der Waals surface area contributed by atoms with Crippen LogP contribution in [-0.4, -0.2) is 16.9 Å². The van der Waals surface area contributed by atoms with E-state index in [4.69, 9.17) is 0 Å². The molecule has 0 radical (unpaired) electrons. The Morgan fingerprint density at radius 3 is 2.48 bits per heavy atom. The summed E-state index contributed by atoms with van der Waals surface area (Å²) in [6.45, 7) is 0. The van der Waals surface area contributed by atoms with Crippen LogP contribution in [0, 0.1) is 11.7 Å². The molecule has 0 bridgehead atoms. The summed E-state index contributed by atoms with van der Waals surface area (Å²) >= 11 is 1.41. The van der Waals surface area contributed by atoms with Crippen LogP contribution in [0.1, 0.15) is 32.1 Å². The zero-order valence-corrected chi connectivity index (χ0v) is 16.5. The van der Waals surface area contributed by atoms with Gasteiger partial charge in [-0.25, -0.2) is 14.2 Å². The third kappa shape index (κ3) is 4.89. The largest absolute Gasteiger partial charge is 0.323 e. The van der Waals surface area contributed by atoms with Gasteiger partial charge in [0.15, 0.2) is 5.13 Å². The van der Waals surface area contributed by atoms with Gasteiger partial charge >= 0.3 is 6.03 Å². The molecule has 8 heteroatoms. The second kappa shape index (κ2) is 8.57. The zero-order valence-electron chi connectivity index (χ0n) is 15.7. The predicted molar refractivity (Wildman–Crippen MR) is 114 cm³/mol. The lowest BCUT2D eigenvalue weighted by molar-refractivity contribution is -0.120. The molecule has 6 nitrogen and oxygen atoms in total. The average molecular weight is 412 g/mol. The van der Waals surface area contributed by atoms with Crippen molar-refractivity contribution in [2.75, 3.05) is 16.0 Å². The quantitative estimate of drug-likeness (QED) is 0.522. The fraction of sp³-hybridized carbons (Fsp3) is 0.286. The second-order valence-corrected chi connectivity index (χ2v) is 8.15. The Balaban J connectivity index is 1.41. The molecule has 1 aliphatic carbocycles. The zero-order chi connectivity index (χ0) is 20.2. The molecular weight excluding hydrogens is 391 g/mol. The number of anilines is 3. The van der Waals surface area contributed by atoms with Crippen molar-refractivity contribution in [3.8, 4) is 0 Å². The van der Waals surface area contributed by atoms with Gasteiger partial charge in [0.25, 0.3) is 0 Å². The molecule has 0 atom stereocenters. The van der Waals surface area contributed by atoms with Crippen LogP contribution in [0.4, 0.5) is 25.7 Å². The van der Waals surface area contributed by atoms with Crippen molar-refractivity contribution < 1.29 is 14.0 Å². The van der Waals surface area contributed by atoms with E-state index in [1.165, 1.54) is 36.0 Å². The molecule has 1 aromatic heterocycles. The number of nitrogens with zero attached hydrogens (tertiary/aromatic N) is 1. The lowest BCUT2D eigenvalue weighted by Gasteiger charge is -2.19. The van der Waals surface area contributed by atoms with Crippen molar-refractivity contribution in [3.63, 3.8) is 0 Å². The molecule has 29 heavy (non-hydrogen) atoms. The Morgan fingerprint density at radius 1 is 0.966 bits per heavy atom. The molecule has 0 unspecified atom stereocenters. The Bertz CT molecular complexity index is 1050. The molecule has 150 valence electrons. The van der Waals surface area contributed by atoms with Crippen molar-refractivity contribution in [1.29, 1.82) is 0 Å². The number of hydrogen-bond acceptors (Lipinski definition) is 4. The molecule has 1 fully saturated rings. The van der Waals surface area contributed by atoms with E-state index >= 15 is 0 Å². The van der Waals surface area contributed by atoms with Crippen molar-refractivity contribution in [2.24, 2.45) is 5.92 Å². The predicted octanol–water partition coefficient (Wildman–Crippen LogP) is 5.60. The Kier molecular flexibility index (Phi) is 5.71. The maximum Gasteiger partial charge on any atom is 0.323 e. The summed E-state index contributed by atoms with van der Waals surface area (Å²) in [5.41, 5.74) is 1.62. The van der Waals surface area contributed by atoms with Gasteiger partial charge < -0.3 is 16.0 Å². The normalized spacial score (nSPS) is 14.5. The molecule has 3 N–H and O–H groups in total. The van der Waals surface area contributed by atoms with Crippen LogP contribution >= 0.6 is 11.3 Å². The van der Waals surface area contributed by atoms with Crippen LogP contribution in [0.5, 0.6) is 0 Å². The summed E-state index contributed by atoms with van der Waals surface area (Å²) in [6, 6.07) is 10.6. The van der Waals surface area contributed by atoms with Crippen LogP contribution in [0.15, 0.2) is 42.5 Å². The third-order valence-electron chi connectivity index (χ3n) is 4.93. The highest BCUT2D eigenvalue weighted by Crippen LogP contribution is 2.30. The first-order chi connectivity index (χ1) is 14.1. The lowest BCUT2D eigenvalue weighted by Crippen LogP contribution is -2.24. The molecule has 1 heterocycles. The first-order valence-corrected chi connectivity index (χ1v) is 10.4. The van der Waals surface area contributed by atoms with Crippen LogP contribution in [0.25, 0.3) is 10.2 Å². The lowest BCUT2D eigenvalue weighted by atomic mass is 9.89. The summed E-state index contributed by atoms with van der Waals surface area (Å²) in [4.78, 5) is 29.0. The summed E-state index contributed by atoms with van der Waals surface area (Å²) in [7, 11) is 0. The Labute approximate surface area is 171 Å². The molecule has 1 aliphatic rings. The molecule has 0 aliphatic heterocycles. The first-order valence-electron chi connectivity index (χ1n) is 9.62. The van der Waals surface area contributed by atoms with Gasteiger partial charge in [0.2, 0.25) is 5.91 Å². The van der Waals surface area contributed by atoms with E-state index in [2.05, 4.69) is 20.9 Å². The van der Waals surface area contributed by atoms with E-state index in [0.29, 0.717) is 22.0 Å². The highest BCUT2D eigenvalue weighted by Gasteiger charge is 2.22. The average Bonchev–Trinajstić information content (AvgIpc) is 3.10. The van der Waals surface area contributed by atoms with E-state index in [1.54, 1.807) is 18.2 Å². The number of nitrogens with one attached hydrogen (secondary N) is 3. The van der Waals surface area contributed by atoms with Gasteiger partial charge in [0.1, 0.15) is 5.82 Å². The first kappa shape index (κ1) is 19.3. The van der Waals surface area contributed by atoms with Crippen molar-refractivity contribution in [2.45, 2.75) is 32.1 Å². The molecule has 4 rings (SSSR count). The van der Waals surface area contributed by atoms with Gasteiger partial charge in [0.05, 0.1) is 10.2 Å². The van der Waals surface area contributed by atoms with Crippen LogP contribution < -0.4 is 16.0 Å². The number of carbonyl (C=O) groups excluding carboxylic acids is 2. The highest BCUT2D eigenvalue weighted by atomic mass is 32.1. The Morgan fingerprint density at radius 2 is 1.72 bits per heavy atom. The highest BCUT2D eigenvalue weighted by molar-refractivity contribution is 7.22. The fourth-order valence-electron chi connectivity index (χ4n) is 3.49. The van der Waals surface area contributed by atoms with E-state index < -0.39 is 11.8 Å².